The molecule has 1 aliphatic carbocycles. The van der Waals surface area contributed by atoms with Crippen LogP contribution in [0.5, 0.6) is 0 Å². The smallest absolute Gasteiger partial charge is 0.270 e. The highest BCUT2D eigenvalue weighted by molar-refractivity contribution is 8.04. The minimum Gasteiger partial charge on any atom is -0.392 e. The minimum atomic E-state index is -0.374. The van der Waals surface area contributed by atoms with Gasteiger partial charge in [0.1, 0.15) is 16.0 Å². The van der Waals surface area contributed by atoms with Crippen LogP contribution in [0.4, 0.5) is 11.4 Å². The molecule has 0 spiro atoms. The number of benzene rings is 1. The molecule has 3 amide bonds. The van der Waals surface area contributed by atoms with Gasteiger partial charge in [0.15, 0.2) is 0 Å². The number of piperazine rings is 1. The number of likely N-dealkylation sites (N-methyl/N-ethyl adjacent to an activating group) is 1. The van der Waals surface area contributed by atoms with Gasteiger partial charge in [0, 0.05) is 69.7 Å². The summed E-state index contributed by atoms with van der Waals surface area (Å²) in [5, 5.41) is 9.28. The molecular formula is C25H37N7O3S. The number of nitrogens with zero attached hydrogens (tertiary/aromatic N) is 3. The van der Waals surface area contributed by atoms with Crippen molar-refractivity contribution in [2.75, 3.05) is 63.5 Å². The topological polar surface area (TPSA) is 123 Å². The van der Waals surface area contributed by atoms with Gasteiger partial charge in [-0.25, -0.2) is 0 Å². The monoisotopic (exact) mass is 515 g/mol. The van der Waals surface area contributed by atoms with Crippen molar-refractivity contribution in [3.05, 3.63) is 35.0 Å². The van der Waals surface area contributed by atoms with Crippen molar-refractivity contribution in [2.24, 2.45) is 5.73 Å². The number of amides is 3. The van der Waals surface area contributed by atoms with Crippen LogP contribution in [0.1, 0.15) is 26.2 Å². The lowest BCUT2D eigenvalue weighted by atomic mass is 10.2. The molecular weight excluding hydrogens is 478 g/mol. The number of thioether (sulfide) groups is 1. The molecule has 36 heavy (non-hydrogen) atoms. The van der Waals surface area contributed by atoms with Gasteiger partial charge in [-0.15, -0.1) is 0 Å². The summed E-state index contributed by atoms with van der Waals surface area (Å²) in [7, 11) is 2.12. The van der Waals surface area contributed by atoms with Crippen LogP contribution < -0.4 is 21.7 Å². The van der Waals surface area contributed by atoms with Gasteiger partial charge >= 0.3 is 0 Å². The van der Waals surface area contributed by atoms with Gasteiger partial charge in [0.05, 0.1) is 0 Å². The number of nitrogens with one attached hydrogen (secondary N) is 3. The molecule has 3 aliphatic rings. The van der Waals surface area contributed by atoms with Crippen LogP contribution in [0.2, 0.25) is 0 Å². The van der Waals surface area contributed by atoms with Crippen molar-refractivity contribution in [3.63, 3.8) is 0 Å². The zero-order chi connectivity index (χ0) is 25.7. The maximum absolute atomic E-state index is 12.9. The number of nitrogens with two attached hydrogens (primary N) is 1. The molecule has 4 rings (SSSR count). The standard InChI is InChI=1S/C25H37N7O3S/c1-3-32-24(35)20(36-25(32)22(26)23(34)29-19-8-9-19)16-27-17-4-6-18(7-5-17)28-21(33)10-11-31-14-12-30(2)13-15-31/h4-7,19-20,27H,3,8-16,26H2,1-2H3,(H,28,33)(H,29,34)/b25-22+/t20-/m1/s1. The lowest BCUT2D eigenvalue weighted by Crippen LogP contribution is -2.45. The number of rotatable bonds is 10. The Hall–Kier alpha value is -2.76. The van der Waals surface area contributed by atoms with E-state index in [2.05, 4.69) is 32.8 Å². The summed E-state index contributed by atoms with van der Waals surface area (Å²) in [5.74, 6) is -0.359. The van der Waals surface area contributed by atoms with Crippen LogP contribution in [0.25, 0.3) is 0 Å². The number of carbonyl (C=O) groups excluding carboxylic acids is 3. The van der Waals surface area contributed by atoms with Crippen LogP contribution in [0.3, 0.4) is 0 Å². The summed E-state index contributed by atoms with van der Waals surface area (Å²) in [4.78, 5) is 43.8. The maximum Gasteiger partial charge on any atom is 0.270 e. The molecule has 196 valence electrons. The van der Waals surface area contributed by atoms with Crippen molar-refractivity contribution in [1.82, 2.24) is 20.0 Å². The van der Waals surface area contributed by atoms with Crippen LogP contribution in [-0.2, 0) is 14.4 Å². The molecule has 1 atom stereocenters. The van der Waals surface area contributed by atoms with Gasteiger partial charge in [-0.1, -0.05) is 11.8 Å². The lowest BCUT2D eigenvalue weighted by Gasteiger charge is -2.32. The third-order valence-corrected chi connectivity index (χ3v) is 7.97. The predicted octanol–water partition coefficient (Wildman–Crippen LogP) is 1.04. The molecule has 2 heterocycles. The van der Waals surface area contributed by atoms with Gasteiger partial charge in [0.2, 0.25) is 11.8 Å². The second-order valence-corrected chi connectivity index (χ2v) is 10.7. The zero-order valence-corrected chi connectivity index (χ0v) is 21.9. The van der Waals surface area contributed by atoms with E-state index in [0.717, 1.165) is 56.9 Å². The van der Waals surface area contributed by atoms with Gasteiger partial charge in [-0.2, -0.15) is 0 Å². The van der Waals surface area contributed by atoms with Crippen molar-refractivity contribution >= 4 is 40.9 Å². The SMILES string of the molecule is CCN1C(=O)[C@@H](CNc2ccc(NC(=O)CCN3CCN(C)CC3)cc2)S/C1=C(/N)C(=O)NC1CC1. The Labute approximate surface area is 217 Å². The Bertz CT molecular complexity index is 988. The Morgan fingerprint density at radius 1 is 1.08 bits per heavy atom. The molecule has 2 aliphatic heterocycles. The highest BCUT2D eigenvalue weighted by Crippen LogP contribution is 2.36. The summed E-state index contributed by atoms with van der Waals surface area (Å²) in [6.07, 6.45) is 2.42. The van der Waals surface area contributed by atoms with Crippen molar-refractivity contribution < 1.29 is 14.4 Å². The number of hydrogen-bond donors (Lipinski definition) is 4. The lowest BCUT2D eigenvalue weighted by molar-refractivity contribution is -0.127. The third kappa shape index (κ3) is 6.92. The largest absolute Gasteiger partial charge is 0.392 e. The fraction of sp³-hybridized carbons (Fsp3) is 0.560. The highest BCUT2D eigenvalue weighted by Gasteiger charge is 2.38. The Balaban J connectivity index is 1.24. The molecule has 0 bridgehead atoms. The molecule has 0 aromatic heterocycles. The summed E-state index contributed by atoms with van der Waals surface area (Å²) < 4.78 is 0. The molecule has 1 aromatic rings. The average Bonchev–Trinajstić information content (AvgIpc) is 3.63. The second kappa shape index (κ2) is 12.0. The van der Waals surface area contributed by atoms with Crippen molar-refractivity contribution in [2.45, 2.75) is 37.5 Å². The first-order valence-corrected chi connectivity index (χ1v) is 13.5. The zero-order valence-electron chi connectivity index (χ0n) is 21.1. The molecule has 10 nitrogen and oxygen atoms in total. The normalized spacial score (nSPS) is 22.4. The predicted molar refractivity (Wildman–Crippen MR) is 143 cm³/mol. The molecule has 0 radical (unpaired) electrons. The number of hydrogen-bond acceptors (Lipinski definition) is 8. The Morgan fingerprint density at radius 2 is 1.75 bits per heavy atom. The molecule has 2 saturated heterocycles. The number of carbonyl (C=O) groups is 3. The summed E-state index contributed by atoms with van der Waals surface area (Å²) in [6.45, 7) is 7.58. The molecule has 0 unspecified atom stereocenters. The van der Waals surface area contributed by atoms with Gasteiger partial charge in [-0.3, -0.25) is 14.4 Å². The van der Waals surface area contributed by atoms with E-state index >= 15 is 0 Å². The van der Waals surface area contributed by atoms with Crippen LogP contribution in [-0.4, -0.2) is 96.6 Å². The summed E-state index contributed by atoms with van der Waals surface area (Å²) in [6, 6.07) is 7.67. The third-order valence-electron chi connectivity index (χ3n) is 6.66. The minimum absolute atomic E-state index is 0.00451. The summed E-state index contributed by atoms with van der Waals surface area (Å²) in [5.41, 5.74) is 7.81. The fourth-order valence-electron chi connectivity index (χ4n) is 4.18. The average molecular weight is 516 g/mol. The molecule has 1 aromatic carbocycles. The Kier molecular flexibility index (Phi) is 8.76. The van der Waals surface area contributed by atoms with Gasteiger partial charge < -0.3 is 36.4 Å². The van der Waals surface area contributed by atoms with E-state index in [4.69, 9.17) is 5.73 Å². The van der Waals surface area contributed by atoms with Crippen molar-refractivity contribution in [3.8, 4) is 0 Å². The van der Waals surface area contributed by atoms with Crippen LogP contribution in [0.15, 0.2) is 35.0 Å². The molecule has 1 saturated carbocycles. The van der Waals surface area contributed by atoms with E-state index in [9.17, 15) is 14.4 Å². The molecule has 3 fully saturated rings. The van der Waals surface area contributed by atoms with Crippen LogP contribution >= 0.6 is 11.8 Å². The quantitative estimate of drug-likeness (QED) is 0.341. The van der Waals surface area contributed by atoms with Crippen molar-refractivity contribution in [1.29, 1.82) is 0 Å². The van der Waals surface area contributed by atoms with Gasteiger partial charge in [-0.05, 0) is 51.1 Å². The van der Waals surface area contributed by atoms with E-state index in [-0.39, 0.29) is 34.7 Å². The van der Waals surface area contributed by atoms with Crippen LogP contribution in [0, 0.1) is 0 Å². The molecule has 11 heteroatoms. The second-order valence-electron chi connectivity index (χ2n) is 9.56. The Morgan fingerprint density at radius 3 is 2.39 bits per heavy atom. The van der Waals surface area contributed by atoms with E-state index in [1.807, 2.05) is 31.2 Å². The highest BCUT2D eigenvalue weighted by atomic mass is 32.2. The van der Waals surface area contributed by atoms with Gasteiger partial charge in [0.25, 0.3) is 5.91 Å². The molecule has 5 N–H and O–H groups in total. The summed E-state index contributed by atoms with van der Waals surface area (Å²) >= 11 is 1.33. The fourth-order valence-corrected chi connectivity index (χ4v) is 5.41. The van der Waals surface area contributed by atoms with E-state index in [0.29, 0.717) is 24.5 Å². The maximum atomic E-state index is 12.9. The first kappa shape index (κ1) is 26.3. The first-order valence-electron chi connectivity index (χ1n) is 12.7. The number of anilines is 2. The van der Waals surface area contributed by atoms with E-state index in [1.165, 1.54) is 11.8 Å². The van der Waals surface area contributed by atoms with E-state index in [1.54, 1.807) is 4.90 Å². The first-order chi connectivity index (χ1) is 17.3. The van der Waals surface area contributed by atoms with E-state index < -0.39 is 0 Å².